The smallest absolute Gasteiger partial charge is 0.229 e. The number of methoxy groups -OCH3 is 1. The number of carbonyl (C=O) groups is 1. The highest BCUT2D eigenvalue weighted by Gasteiger charge is 2.29. The molecular weight excluding hydrogens is 268 g/mol. The minimum atomic E-state index is 0.0567. The summed E-state index contributed by atoms with van der Waals surface area (Å²) in [4.78, 5) is 14.7. The van der Waals surface area contributed by atoms with Gasteiger partial charge in [0, 0.05) is 32.8 Å². The van der Waals surface area contributed by atoms with E-state index in [9.17, 15) is 4.79 Å². The van der Waals surface area contributed by atoms with E-state index in [2.05, 4.69) is 22.2 Å². The van der Waals surface area contributed by atoms with Crippen LogP contribution in [0.25, 0.3) is 0 Å². The summed E-state index contributed by atoms with van der Waals surface area (Å²) >= 11 is 0. The van der Waals surface area contributed by atoms with Gasteiger partial charge >= 0.3 is 0 Å². The van der Waals surface area contributed by atoms with Crippen molar-refractivity contribution < 1.29 is 9.53 Å². The van der Waals surface area contributed by atoms with Gasteiger partial charge in [-0.2, -0.15) is 5.10 Å². The highest BCUT2D eigenvalue weighted by Crippen LogP contribution is 2.22. The average Bonchev–Trinajstić information content (AvgIpc) is 3.04. The van der Waals surface area contributed by atoms with E-state index in [1.54, 1.807) is 11.8 Å². The lowest BCUT2D eigenvalue weighted by molar-refractivity contribution is -0.119. The number of anilines is 1. The first-order valence-electron chi connectivity index (χ1n) is 7.61. The molecule has 0 saturated carbocycles. The van der Waals surface area contributed by atoms with Crippen molar-refractivity contribution in [2.45, 2.75) is 26.7 Å². The molecule has 1 aliphatic heterocycles. The van der Waals surface area contributed by atoms with E-state index in [4.69, 9.17) is 4.74 Å². The van der Waals surface area contributed by atoms with Crippen LogP contribution in [-0.4, -0.2) is 53.9 Å². The molecule has 1 aromatic rings. The minimum absolute atomic E-state index is 0.0567. The van der Waals surface area contributed by atoms with Crippen molar-refractivity contribution >= 4 is 11.7 Å². The number of hydrogen-bond acceptors (Lipinski definition) is 4. The normalized spacial score (nSPS) is 19.1. The number of nitrogens with one attached hydrogen (secondary N) is 1. The first-order chi connectivity index (χ1) is 10.1. The molecule has 1 aromatic heterocycles. The number of aryl methyl sites for hydroxylation is 2. The molecule has 6 heteroatoms. The maximum absolute atomic E-state index is 12.4. The van der Waals surface area contributed by atoms with Gasteiger partial charge in [0.2, 0.25) is 5.91 Å². The number of hydrogen-bond donors (Lipinski definition) is 1. The molecule has 2 heterocycles. The molecule has 0 aromatic carbocycles. The van der Waals surface area contributed by atoms with Gasteiger partial charge in [0.15, 0.2) is 0 Å². The molecule has 118 valence electrons. The summed E-state index contributed by atoms with van der Waals surface area (Å²) in [6.45, 7) is 7.48. The van der Waals surface area contributed by atoms with Crippen LogP contribution in [0.5, 0.6) is 0 Å². The van der Waals surface area contributed by atoms with E-state index in [-0.39, 0.29) is 11.8 Å². The molecule has 2 rings (SSSR count). The molecule has 0 aliphatic carbocycles. The fourth-order valence-corrected chi connectivity index (χ4v) is 2.88. The van der Waals surface area contributed by atoms with Gasteiger partial charge in [-0.05, 0) is 26.3 Å². The summed E-state index contributed by atoms with van der Waals surface area (Å²) in [5, 5.41) is 7.49. The van der Waals surface area contributed by atoms with E-state index in [0.29, 0.717) is 0 Å². The van der Waals surface area contributed by atoms with Crippen LogP contribution in [-0.2, 0) is 23.0 Å². The first-order valence-corrected chi connectivity index (χ1v) is 7.61. The predicted octanol–water partition coefficient (Wildman–Crippen LogP) is 1.20. The molecule has 0 radical (unpaired) electrons. The summed E-state index contributed by atoms with van der Waals surface area (Å²) in [5.41, 5.74) is 2.11. The van der Waals surface area contributed by atoms with E-state index in [1.165, 1.54) is 0 Å². The van der Waals surface area contributed by atoms with Gasteiger partial charge < -0.3 is 15.0 Å². The van der Waals surface area contributed by atoms with Gasteiger partial charge in [-0.1, -0.05) is 6.92 Å². The highest BCUT2D eigenvalue weighted by molar-refractivity contribution is 5.92. The first kappa shape index (κ1) is 16.0. The van der Waals surface area contributed by atoms with Crippen molar-refractivity contribution in [2.24, 2.45) is 13.0 Å². The molecule has 0 bridgehead atoms. The standard InChI is InChI=1S/C15H26N4O2/c1-5-13-11(2)14(18(3)17-13)16-15(20)12-6-7-19(10-12)8-9-21-4/h12H,5-10H2,1-4H3,(H,16,20). The van der Waals surface area contributed by atoms with Crippen LogP contribution < -0.4 is 5.32 Å². The molecule has 1 amide bonds. The number of ether oxygens (including phenoxy) is 1. The Hall–Kier alpha value is -1.40. The second kappa shape index (κ2) is 7.04. The lowest BCUT2D eigenvalue weighted by Crippen LogP contribution is -2.29. The number of nitrogens with zero attached hydrogens (tertiary/aromatic N) is 3. The molecule has 21 heavy (non-hydrogen) atoms. The van der Waals surface area contributed by atoms with Gasteiger partial charge in [-0.3, -0.25) is 9.48 Å². The monoisotopic (exact) mass is 294 g/mol. The summed E-state index contributed by atoms with van der Waals surface area (Å²) in [6, 6.07) is 0. The number of likely N-dealkylation sites (tertiary alicyclic amines) is 1. The summed E-state index contributed by atoms with van der Waals surface area (Å²) in [6.07, 6.45) is 1.79. The zero-order valence-electron chi connectivity index (χ0n) is 13.5. The lowest BCUT2D eigenvalue weighted by atomic mass is 10.1. The van der Waals surface area contributed by atoms with Crippen molar-refractivity contribution in [3.63, 3.8) is 0 Å². The van der Waals surface area contributed by atoms with Crippen LogP contribution >= 0.6 is 0 Å². The molecule has 6 nitrogen and oxygen atoms in total. The Labute approximate surface area is 126 Å². The maximum Gasteiger partial charge on any atom is 0.229 e. The van der Waals surface area contributed by atoms with E-state index < -0.39 is 0 Å². The Kier molecular flexibility index (Phi) is 5.36. The molecule has 1 fully saturated rings. The molecular formula is C15H26N4O2. The zero-order valence-corrected chi connectivity index (χ0v) is 13.5. The van der Waals surface area contributed by atoms with Crippen LogP contribution in [0.4, 0.5) is 5.82 Å². The molecule has 0 spiro atoms. The van der Waals surface area contributed by atoms with Crippen LogP contribution in [0.1, 0.15) is 24.6 Å². The largest absolute Gasteiger partial charge is 0.383 e. The van der Waals surface area contributed by atoms with Gasteiger partial charge in [0.05, 0.1) is 18.2 Å². The third-order valence-electron chi connectivity index (χ3n) is 4.21. The van der Waals surface area contributed by atoms with Crippen molar-refractivity contribution in [3.05, 3.63) is 11.3 Å². The van der Waals surface area contributed by atoms with Gasteiger partial charge in [-0.15, -0.1) is 0 Å². The van der Waals surface area contributed by atoms with Gasteiger partial charge in [-0.25, -0.2) is 0 Å². The quantitative estimate of drug-likeness (QED) is 0.856. The molecule has 1 unspecified atom stereocenters. The molecule has 1 atom stereocenters. The summed E-state index contributed by atoms with van der Waals surface area (Å²) < 4.78 is 6.86. The Morgan fingerprint density at radius 2 is 2.29 bits per heavy atom. The Morgan fingerprint density at radius 1 is 1.52 bits per heavy atom. The number of rotatable bonds is 6. The van der Waals surface area contributed by atoms with E-state index in [0.717, 1.165) is 56.2 Å². The van der Waals surface area contributed by atoms with Crippen LogP contribution in [0.3, 0.4) is 0 Å². The van der Waals surface area contributed by atoms with Crippen LogP contribution in [0, 0.1) is 12.8 Å². The van der Waals surface area contributed by atoms with Crippen molar-refractivity contribution in [1.82, 2.24) is 14.7 Å². The topological polar surface area (TPSA) is 59.4 Å². The fraction of sp³-hybridized carbons (Fsp3) is 0.733. The van der Waals surface area contributed by atoms with Crippen molar-refractivity contribution in [3.8, 4) is 0 Å². The lowest BCUT2D eigenvalue weighted by Gasteiger charge is -2.15. The number of amides is 1. The van der Waals surface area contributed by atoms with Crippen molar-refractivity contribution in [1.29, 1.82) is 0 Å². The molecule has 1 saturated heterocycles. The highest BCUT2D eigenvalue weighted by atomic mass is 16.5. The van der Waals surface area contributed by atoms with Crippen LogP contribution in [0.2, 0.25) is 0 Å². The number of aromatic nitrogens is 2. The third kappa shape index (κ3) is 3.63. The average molecular weight is 294 g/mol. The van der Waals surface area contributed by atoms with E-state index in [1.807, 2.05) is 14.0 Å². The third-order valence-corrected chi connectivity index (χ3v) is 4.21. The van der Waals surface area contributed by atoms with E-state index >= 15 is 0 Å². The Balaban J connectivity index is 1.95. The van der Waals surface area contributed by atoms with Gasteiger partial charge in [0.1, 0.15) is 5.82 Å². The summed E-state index contributed by atoms with van der Waals surface area (Å²) in [7, 11) is 3.58. The van der Waals surface area contributed by atoms with Crippen LogP contribution in [0.15, 0.2) is 0 Å². The second-order valence-electron chi connectivity index (χ2n) is 5.67. The maximum atomic E-state index is 12.4. The second-order valence-corrected chi connectivity index (χ2v) is 5.67. The number of carbonyl (C=O) groups excluding carboxylic acids is 1. The van der Waals surface area contributed by atoms with Crippen molar-refractivity contribution in [2.75, 3.05) is 38.7 Å². The predicted molar refractivity (Wildman–Crippen MR) is 82.4 cm³/mol. The van der Waals surface area contributed by atoms with Gasteiger partial charge in [0.25, 0.3) is 0 Å². The Morgan fingerprint density at radius 3 is 2.90 bits per heavy atom. The zero-order chi connectivity index (χ0) is 15.4. The Bertz CT molecular complexity index is 498. The molecule has 1 aliphatic rings. The SMILES string of the molecule is CCc1nn(C)c(NC(=O)C2CCN(CCOC)C2)c1C. The fourth-order valence-electron chi connectivity index (χ4n) is 2.88. The summed E-state index contributed by atoms with van der Waals surface area (Å²) in [5.74, 6) is 0.983. The molecule has 1 N–H and O–H groups in total. The minimum Gasteiger partial charge on any atom is -0.383 e.